The van der Waals surface area contributed by atoms with Gasteiger partial charge in [0, 0.05) is 12.1 Å². The van der Waals surface area contributed by atoms with E-state index in [1.165, 1.54) is 29.2 Å². The second kappa shape index (κ2) is 4.36. The molecule has 1 fully saturated rings. The summed E-state index contributed by atoms with van der Waals surface area (Å²) < 4.78 is 17.4. The summed E-state index contributed by atoms with van der Waals surface area (Å²) >= 11 is 0. The molecule has 1 aliphatic rings. The van der Waals surface area contributed by atoms with Crippen molar-refractivity contribution in [1.29, 1.82) is 0 Å². The van der Waals surface area contributed by atoms with Gasteiger partial charge in [0.05, 0.1) is 18.0 Å². The Morgan fingerprint density at radius 2 is 2.00 bits per heavy atom. The Morgan fingerprint density at radius 1 is 1.41 bits per heavy atom. The summed E-state index contributed by atoms with van der Waals surface area (Å²) in [5.41, 5.74) is -0.0856. The molecule has 1 aromatic carbocycles. The van der Waals surface area contributed by atoms with Crippen LogP contribution in [0.25, 0.3) is 0 Å². The van der Waals surface area contributed by atoms with E-state index >= 15 is 0 Å². The van der Waals surface area contributed by atoms with Gasteiger partial charge in [0.1, 0.15) is 11.9 Å². The summed E-state index contributed by atoms with van der Waals surface area (Å²) in [5.74, 6) is 0.197. The van der Waals surface area contributed by atoms with Crippen molar-refractivity contribution in [1.82, 2.24) is 4.90 Å². The third-order valence-electron chi connectivity index (χ3n) is 2.35. The second-order valence-corrected chi connectivity index (χ2v) is 3.62. The van der Waals surface area contributed by atoms with Crippen LogP contribution >= 0.6 is 0 Å². The highest BCUT2D eigenvalue weighted by atomic mass is 19.1. The van der Waals surface area contributed by atoms with E-state index in [4.69, 9.17) is 4.74 Å². The van der Waals surface area contributed by atoms with E-state index in [2.05, 4.69) is 0 Å². The molecule has 0 atom stereocenters. The van der Waals surface area contributed by atoms with Crippen LogP contribution in [0.1, 0.15) is 0 Å². The van der Waals surface area contributed by atoms with Gasteiger partial charge in [-0.3, -0.25) is 10.1 Å². The van der Waals surface area contributed by atoms with E-state index < -0.39 is 17.2 Å². The number of hydrogen-bond donors (Lipinski definition) is 0. The van der Waals surface area contributed by atoms with Gasteiger partial charge >= 0.3 is 6.09 Å². The lowest BCUT2D eigenvalue weighted by atomic mass is 10.2. The topological polar surface area (TPSA) is 72.7 Å². The standard InChI is InChI=1S/C10H9FN2O4/c11-7-5-12(6-7)10(14)17-9-3-1-8(2-4-9)13(15)16/h1-4,7H,5-6H2. The number of non-ortho nitro benzene ring substituents is 1. The van der Waals surface area contributed by atoms with Gasteiger partial charge in [0.2, 0.25) is 0 Å². The molecule has 17 heavy (non-hydrogen) atoms. The minimum atomic E-state index is -0.987. The molecule has 1 aliphatic heterocycles. The summed E-state index contributed by atoms with van der Waals surface area (Å²) in [6, 6.07) is 5.11. The summed E-state index contributed by atoms with van der Waals surface area (Å²) in [5, 5.41) is 10.4. The zero-order valence-electron chi connectivity index (χ0n) is 8.71. The van der Waals surface area contributed by atoms with Crippen LogP contribution in [0.3, 0.4) is 0 Å². The van der Waals surface area contributed by atoms with Crippen LogP contribution in [0.5, 0.6) is 5.75 Å². The smallest absolute Gasteiger partial charge is 0.410 e. The molecule has 0 radical (unpaired) electrons. The van der Waals surface area contributed by atoms with Crippen molar-refractivity contribution in [2.24, 2.45) is 0 Å². The predicted molar refractivity (Wildman–Crippen MR) is 55.6 cm³/mol. The van der Waals surface area contributed by atoms with Gasteiger partial charge in [-0.25, -0.2) is 9.18 Å². The largest absolute Gasteiger partial charge is 0.415 e. The van der Waals surface area contributed by atoms with Gasteiger partial charge in [0.15, 0.2) is 0 Å². The van der Waals surface area contributed by atoms with Crippen LogP contribution in [0.4, 0.5) is 14.9 Å². The Morgan fingerprint density at radius 3 is 2.47 bits per heavy atom. The fraction of sp³-hybridized carbons (Fsp3) is 0.300. The van der Waals surface area contributed by atoms with E-state index in [0.29, 0.717) is 0 Å². The first-order valence-corrected chi connectivity index (χ1v) is 4.91. The Labute approximate surface area is 95.7 Å². The maximum Gasteiger partial charge on any atom is 0.415 e. The summed E-state index contributed by atoms with van der Waals surface area (Å²) in [6.07, 6.45) is -1.63. The minimum absolute atomic E-state index is 0.0335. The fourth-order valence-electron chi connectivity index (χ4n) is 1.38. The average Bonchev–Trinajstić information content (AvgIpc) is 2.25. The van der Waals surface area contributed by atoms with Crippen LogP contribution in [0.15, 0.2) is 24.3 Å². The third kappa shape index (κ3) is 2.49. The van der Waals surface area contributed by atoms with Gasteiger partial charge in [0.25, 0.3) is 5.69 Å². The van der Waals surface area contributed by atoms with Gasteiger partial charge in [-0.1, -0.05) is 0 Å². The van der Waals surface area contributed by atoms with E-state index in [0.717, 1.165) is 0 Å². The first-order valence-electron chi connectivity index (χ1n) is 4.91. The molecule has 1 saturated heterocycles. The van der Waals surface area contributed by atoms with Gasteiger partial charge in [-0.05, 0) is 12.1 Å². The zero-order chi connectivity index (χ0) is 12.4. The molecule has 0 N–H and O–H groups in total. The van der Waals surface area contributed by atoms with Crippen molar-refractivity contribution in [3.63, 3.8) is 0 Å². The number of nitro groups is 1. The van der Waals surface area contributed by atoms with Gasteiger partial charge < -0.3 is 9.64 Å². The molecule has 0 aromatic heterocycles. The molecule has 1 heterocycles. The monoisotopic (exact) mass is 240 g/mol. The van der Waals surface area contributed by atoms with Crippen LogP contribution < -0.4 is 4.74 Å². The van der Waals surface area contributed by atoms with E-state index in [1.807, 2.05) is 0 Å². The van der Waals surface area contributed by atoms with Crippen molar-refractivity contribution in [2.45, 2.75) is 6.17 Å². The summed E-state index contributed by atoms with van der Waals surface area (Å²) in [6.45, 7) is 0.0671. The number of halogens is 1. The number of alkyl halides is 1. The average molecular weight is 240 g/mol. The lowest BCUT2D eigenvalue weighted by molar-refractivity contribution is -0.384. The highest BCUT2D eigenvalue weighted by Crippen LogP contribution is 2.19. The molecular formula is C10H9FN2O4. The number of carbonyl (C=O) groups is 1. The molecule has 7 heteroatoms. The number of nitrogens with zero attached hydrogens (tertiary/aromatic N) is 2. The van der Waals surface area contributed by atoms with Crippen LogP contribution in [0, 0.1) is 10.1 Å². The highest BCUT2D eigenvalue weighted by Gasteiger charge is 2.31. The van der Waals surface area contributed by atoms with Crippen molar-refractivity contribution in [3.05, 3.63) is 34.4 Å². The number of rotatable bonds is 2. The number of amides is 1. The van der Waals surface area contributed by atoms with E-state index in [9.17, 15) is 19.3 Å². The number of nitro benzene ring substituents is 1. The molecule has 2 rings (SSSR count). The molecule has 90 valence electrons. The molecule has 1 aromatic rings. The maximum atomic E-state index is 12.5. The molecule has 1 amide bonds. The number of likely N-dealkylation sites (tertiary alicyclic amines) is 1. The van der Waals surface area contributed by atoms with Gasteiger partial charge in [-0.2, -0.15) is 0 Å². The van der Waals surface area contributed by atoms with Crippen molar-refractivity contribution in [2.75, 3.05) is 13.1 Å². The van der Waals surface area contributed by atoms with Crippen molar-refractivity contribution >= 4 is 11.8 Å². The normalized spacial score (nSPS) is 15.2. The number of carbonyl (C=O) groups excluding carboxylic acids is 1. The first kappa shape index (κ1) is 11.3. The number of benzene rings is 1. The third-order valence-corrected chi connectivity index (χ3v) is 2.35. The molecule has 0 spiro atoms. The summed E-state index contributed by atoms with van der Waals surface area (Å²) in [4.78, 5) is 22.4. The molecule has 6 nitrogen and oxygen atoms in total. The fourth-order valence-corrected chi connectivity index (χ4v) is 1.38. The Hall–Kier alpha value is -2.18. The zero-order valence-corrected chi connectivity index (χ0v) is 8.71. The molecule has 0 unspecified atom stereocenters. The molecule has 0 aliphatic carbocycles. The Kier molecular flexibility index (Phi) is 2.90. The lowest BCUT2D eigenvalue weighted by Gasteiger charge is -2.32. The van der Waals surface area contributed by atoms with Gasteiger partial charge in [-0.15, -0.1) is 0 Å². The number of ether oxygens (including phenoxy) is 1. The Balaban J connectivity index is 1.95. The molecule has 0 saturated carbocycles. The molecular weight excluding hydrogens is 231 g/mol. The SMILES string of the molecule is O=C(Oc1ccc([N+](=O)[O-])cc1)N1CC(F)C1. The van der Waals surface area contributed by atoms with Crippen molar-refractivity contribution in [3.8, 4) is 5.75 Å². The van der Waals surface area contributed by atoms with Crippen LogP contribution in [-0.4, -0.2) is 35.2 Å². The van der Waals surface area contributed by atoms with Crippen molar-refractivity contribution < 1.29 is 18.8 Å². The molecule has 0 bridgehead atoms. The quantitative estimate of drug-likeness (QED) is 0.583. The number of hydrogen-bond acceptors (Lipinski definition) is 4. The van der Waals surface area contributed by atoms with Crippen LogP contribution in [-0.2, 0) is 0 Å². The maximum absolute atomic E-state index is 12.5. The Bertz CT molecular complexity index is 442. The minimum Gasteiger partial charge on any atom is -0.410 e. The predicted octanol–water partition coefficient (Wildman–Crippen LogP) is 1.75. The summed E-state index contributed by atoms with van der Waals surface area (Å²) in [7, 11) is 0. The first-order chi connectivity index (χ1) is 8.06. The second-order valence-electron chi connectivity index (χ2n) is 3.62. The van der Waals surface area contributed by atoms with E-state index in [-0.39, 0.29) is 24.5 Å². The van der Waals surface area contributed by atoms with E-state index in [1.54, 1.807) is 0 Å². The van der Waals surface area contributed by atoms with Crippen LogP contribution in [0.2, 0.25) is 0 Å². The highest BCUT2D eigenvalue weighted by molar-refractivity contribution is 5.71. The lowest BCUT2D eigenvalue weighted by Crippen LogP contribution is -2.52.